The summed E-state index contributed by atoms with van der Waals surface area (Å²) in [7, 11) is 0.276. The van der Waals surface area contributed by atoms with Crippen LogP contribution in [-0.2, 0) is 16.6 Å². The fraction of sp³-hybridized carbons (Fsp3) is 0.333. The van der Waals surface area contributed by atoms with Gasteiger partial charge in [0.2, 0.25) is 0 Å². The largest absolute Gasteiger partial charge is 0.497 e. The molecule has 0 aliphatic carbocycles. The second-order valence-electron chi connectivity index (χ2n) is 5.96. The molecule has 1 atom stereocenters. The van der Waals surface area contributed by atoms with Crippen molar-refractivity contribution in [2.45, 2.75) is 37.8 Å². The van der Waals surface area contributed by atoms with Gasteiger partial charge in [-0.05, 0) is 39.0 Å². The molecule has 0 saturated carbocycles. The van der Waals surface area contributed by atoms with Crippen LogP contribution in [0.25, 0.3) is 11.0 Å². The van der Waals surface area contributed by atoms with Crippen molar-refractivity contribution in [3.05, 3.63) is 41.7 Å². The maximum Gasteiger partial charge on any atom is 0.197 e. The first-order valence-electron chi connectivity index (χ1n) is 8.01. The van der Waals surface area contributed by atoms with Crippen molar-refractivity contribution in [1.29, 1.82) is 0 Å². The van der Waals surface area contributed by atoms with Gasteiger partial charge in [0.15, 0.2) is 5.16 Å². The monoisotopic (exact) mass is 359 g/mol. The van der Waals surface area contributed by atoms with Crippen LogP contribution in [0, 0.1) is 6.92 Å². The van der Waals surface area contributed by atoms with E-state index in [-0.39, 0.29) is 11.9 Å². The molecule has 2 aromatic heterocycles. The number of benzene rings is 1. The van der Waals surface area contributed by atoms with Gasteiger partial charge in [0.25, 0.3) is 0 Å². The zero-order valence-corrected chi connectivity index (χ0v) is 15.5. The number of hydrogen-bond acceptors (Lipinski definition) is 5. The van der Waals surface area contributed by atoms with Crippen LogP contribution in [0.3, 0.4) is 0 Å². The Morgan fingerprint density at radius 2 is 2.08 bits per heavy atom. The third-order valence-electron chi connectivity index (χ3n) is 3.77. The van der Waals surface area contributed by atoms with E-state index in [4.69, 9.17) is 9.47 Å². The standard InChI is InChI=1S/C18H21N3O3S/c1-11(2)24-17-7-8-19-16(12(17)3)10-25(22)18-20-14-6-5-13(23-4)9-15(14)21-18/h5-9,11H,10H2,1-4H3,(H,20,21). The molecule has 7 heteroatoms. The summed E-state index contributed by atoms with van der Waals surface area (Å²) in [5.74, 6) is 1.77. The molecule has 6 nitrogen and oxygen atoms in total. The molecule has 0 radical (unpaired) electrons. The molecule has 3 aromatic rings. The predicted molar refractivity (Wildman–Crippen MR) is 97.5 cm³/mol. The predicted octanol–water partition coefficient (Wildman–Crippen LogP) is 3.37. The summed E-state index contributed by atoms with van der Waals surface area (Å²) < 4.78 is 23.7. The van der Waals surface area contributed by atoms with Gasteiger partial charge in [0.05, 0.1) is 46.5 Å². The lowest BCUT2D eigenvalue weighted by atomic mass is 10.2. The highest BCUT2D eigenvalue weighted by Crippen LogP contribution is 2.24. The van der Waals surface area contributed by atoms with Gasteiger partial charge < -0.3 is 14.5 Å². The zero-order chi connectivity index (χ0) is 18.0. The Balaban J connectivity index is 1.85. The van der Waals surface area contributed by atoms with E-state index in [0.29, 0.717) is 5.16 Å². The summed E-state index contributed by atoms with van der Waals surface area (Å²) in [5, 5.41) is 0.430. The summed E-state index contributed by atoms with van der Waals surface area (Å²) in [4.78, 5) is 11.9. The smallest absolute Gasteiger partial charge is 0.197 e. The molecule has 0 spiro atoms. The average Bonchev–Trinajstić information content (AvgIpc) is 3.01. The van der Waals surface area contributed by atoms with Crippen molar-refractivity contribution < 1.29 is 13.7 Å². The van der Waals surface area contributed by atoms with Crippen LogP contribution in [0.15, 0.2) is 35.6 Å². The molecule has 0 aliphatic rings. The van der Waals surface area contributed by atoms with Gasteiger partial charge in [-0.15, -0.1) is 0 Å². The minimum atomic E-state index is -1.33. The summed E-state index contributed by atoms with van der Waals surface area (Å²) in [6.45, 7) is 5.88. The van der Waals surface area contributed by atoms with Gasteiger partial charge in [-0.1, -0.05) is 0 Å². The molecule has 0 saturated heterocycles. The van der Waals surface area contributed by atoms with Crippen LogP contribution in [0.1, 0.15) is 25.1 Å². The molecule has 0 bridgehead atoms. The van der Waals surface area contributed by atoms with E-state index in [2.05, 4.69) is 15.0 Å². The molecule has 0 amide bonds. The number of aromatic nitrogens is 3. The van der Waals surface area contributed by atoms with E-state index in [0.717, 1.165) is 33.8 Å². The normalized spacial score (nSPS) is 12.5. The average molecular weight is 359 g/mol. The second kappa shape index (κ2) is 7.23. The fourth-order valence-electron chi connectivity index (χ4n) is 2.48. The number of ether oxygens (including phenoxy) is 2. The number of hydrogen-bond donors (Lipinski definition) is 1. The quantitative estimate of drug-likeness (QED) is 0.730. The van der Waals surface area contributed by atoms with E-state index >= 15 is 0 Å². The van der Waals surface area contributed by atoms with Crippen molar-refractivity contribution in [2.24, 2.45) is 0 Å². The van der Waals surface area contributed by atoms with E-state index in [1.54, 1.807) is 13.3 Å². The Kier molecular flexibility index (Phi) is 5.03. The summed E-state index contributed by atoms with van der Waals surface area (Å²) in [6, 6.07) is 7.33. The fourth-order valence-corrected chi connectivity index (χ4v) is 3.58. The van der Waals surface area contributed by atoms with Gasteiger partial charge in [-0.25, -0.2) is 4.98 Å². The minimum Gasteiger partial charge on any atom is -0.497 e. The summed E-state index contributed by atoms with van der Waals surface area (Å²) >= 11 is 0. The van der Waals surface area contributed by atoms with Crippen LogP contribution in [0.2, 0.25) is 0 Å². The highest BCUT2D eigenvalue weighted by Gasteiger charge is 2.15. The van der Waals surface area contributed by atoms with E-state index in [1.165, 1.54) is 0 Å². The van der Waals surface area contributed by atoms with Gasteiger partial charge in [-0.3, -0.25) is 9.19 Å². The van der Waals surface area contributed by atoms with Crippen LogP contribution in [0.4, 0.5) is 0 Å². The Morgan fingerprint density at radius 3 is 2.80 bits per heavy atom. The SMILES string of the molecule is COc1ccc2nc(S(=O)Cc3nccc(OC(C)C)c3C)[nH]c2c1. The minimum absolute atomic E-state index is 0.0739. The lowest BCUT2D eigenvalue weighted by molar-refractivity contribution is 0.240. The van der Waals surface area contributed by atoms with Crippen LogP contribution >= 0.6 is 0 Å². The molecule has 2 heterocycles. The highest BCUT2D eigenvalue weighted by atomic mass is 32.2. The van der Waals surface area contributed by atoms with Gasteiger partial charge in [0.1, 0.15) is 11.5 Å². The number of methoxy groups -OCH3 is 1. The first-order chi connectivity index (χ1) is 12.0. The number of aromatic amines is 1. The van der Waals surface area contributed by atoms with Crippen LogP contribution in [0.5, 0.6) is 11.5 Å². The molecule has 3 rings (SSSR count). The number of H-pyrrole nitrogens is 1. The Labute approximate surface area is 149 Å². The number of rotatable bonds is 6. The van der Waals surface area contributed by atoms with Crippen molar-refractivity contribution in [3.63, 3.8) is 0 Å². The maximum absolute atomic E-state index is 12.7. The number of nitrogens with one attached hydrogen (secondary N) is 1. The molecule has 1 N–H and O–H groups in total. The number of nitrogens with zero attached hydrogens (tertiary/aromatic N) is 2. The Morgan fingerprint density at radius 1 is 1.28 bits per heavy atom. The number of fused-ring (bicyclic) bond motifs is 1. The lowest BCUT2D eigenvalue weighted by Crippen LogP contribution is -2.09. The second-order valence-corrected chi connectivity index (χ2v) is 7.33. The molecule has 132 valence electrons. The summed E-state index contributed by atoms with van der Waals surface area (Å²) in [6.07, 6.45) is 1.76. The van der Waals surface area contributed by atoms with E-state index < -0.39 is 10.8 Å². The first-order valence-corrected chi connectivity index (χ1v) is 9.33. The van der Waals surface area contributed by atoms with Gasteiger partial charge in [0, 0.05) is 17.8 Å². The molecule has 1 aromatic carbocycles. The van der Waals surface area contributed by atoms with E-state index in [1.807, 2.05) is 45.0 Å². The third-order valence-corrected chi connectivity index (χ3v) is 4.93. The maximum atomic E-state index is 12.7. The third kappa shape index (κ3) is 3.82. The Hall–Kier alpha value is -2.41. The van der Waals surface area contributed by atoms with Crippen molar-refractivity contribution in [2.75, 3.05) is 7.11 Å². The molecule has 25 heavy (non-hydrogen) atoms. The molecular weight excluding hydrogens is 338 g/mol. The molecular formula is C18H21N3O3S. The highest BCUT2D eigenvalue weighted by molar-refractivity contribution is 7.84. The van der Waals surface area contributed by atoms with Crippen LogP contribution < -0.4 is 9.47 Å². The van der Waals surface area contributed by atoms with Gasteiger partial charge >= 0.3 is 0 Å². The number of pyridine rings is 1. The molecule has 0 fully saturated rings. The van der Waals surface area contributed by atoms with Gasteiger partial charge in [-0.2, -0.15) is 0 Å². The summed E-state index contributed by atoms with van der Waals surface area (Å²) in [5.41, 5.74) is 3.20. The van der Waals surface area contributed by atoms with Crippen molar-refractivity contribution in [1.82, 2.24) is 15.0 Å². The van der Waals surface area contributed by atoms with Crippen LogP contribution in [-0.4, -0.2) is 32.4 Å². The zero-order valence-electron chi connectivity index (χ0n) is 14.7. The van der Waals surface area contributed by atoms with Crippen molar-refractivity contribution in [3.8, 4) is 11.5 Å². The molecule has 0 aliphatic heterocycles. The Bertz CT molecular complexity index is 921. The number of imidazole rings is 1. The molecule has 1 unspecified atom stereocenters. The lowest BCUT2D eigenvalue weighted by Gasteiger charge is -2.14. The topological polar surface area (TPSA) is 77.1 Å². The van der Waals surface area contributed by atoms with E-state index in [9.17, 15) is 4.21 Å². The van der Waals surface area contributed by atoms with Crippen molar-refractivity contribution >= 4 is 21.8 Å². The first kappa shape index (κ1) is 17.4.